The summed E-state index contributed by atoms with van der Waals surface area (Å²) >= 11 is 0. The Hall–Kier alpha value is -3.31. The predicted molar refractivity (Wildman–Crippen MR) is 115 cm³/mol. The Morgan fingerprint density at radius 2 is 1.57 bits per heavy atom. The Balaban J connectivity index is 1.63. The number of rotatable bonds is 7. The standard InChI is InChI=1S/C25H25NO4/c1-29-22-13-12-18(16-23(22)30-2)14-15-26-24(27)20-10-6-7-11-21(20)25(26,28)17-19-8-4-3-5-9-19/h3-13,16,28H,14-15,17H2,1-2H3/t25-/m0/s1. The van der Waals surface area contributed by atoms with E-state index in [9.17, 15) is 9.90 Å². The Morgan fingerprint density at radius 1 is 0.867 bits per heavy atom. The first kappa shape index (κ1) is 20.0. The van der Waals surface area contributed by atoms with Gasteiger partial charge in [0, 0.05) is 24.1 Å². The van der Waals surface area contributed by atoms with Crippen molar-refractivity contribution in [3.63, 3.8) is 0 Å². The Labute approximate surface area is 176 Å². The van der Waals surface area contributed by atoms with Crippen molar-refractivity contribution in [1.82, 2.24) is 4.90 Å². The molecule has 1 atom stereocenters. The molecule has 3 aromatic rings. The number of aliphatic hydroxyl groups is 1. The maximum atomic E-state index is 13.2. The highest BCUT2D eigenvalue weighted by Crippen LogP contribution is 2.40. The van der Waals surface area contributed by atoms with Gasteiger partial charge in [-0.25, -0.2) is 0 Å². The van der Waals surface area contributed by atoms with Gasteiger partial charge < -0.3 is 19.5 Å². The van der Waals surface area contributed by atoms with Gasteiger partial charge in [0.2, 0.25) is 0 Å². The van der Waals surface area contributed by atoms with E-state index in [1.54, 1.807) is 25.2 Å². The zero-order valence-electron chi connectivity index (χ0n) is 17.2. The van der Waals surface area contributed by atoms with Gasteiger partial charge in [-0.05, 0) is 35.7 Å². The van der Waals surface area contributed by atoms with Crippen LogP contribution >= 0.6 is 0 Å². The summed E-state index contributed by atoms with van der Waals surface area (Å²) in [7, 11) is 3.20. The molecular weight excluding hydrogens is 378 g/mol. The number of benzene rings is 3. The minimum Gasteiger partial charge on any atom is -0.493 e. The maximum absolute atomic E-state index is 13.2. The molecule has 1 amide bonds. The fraction of sp³-hybridized carbons (Fsp3) is 0.240. The highest BCUT2D eigenvalue weighted by molar-refractivity contribution is 5.99. The topological polar surface area (TPSA) is 59.0 Å². The number of hydrogen-bond acceptors (Lipinski definition) is 4. The normalized spacial score (nSPS) is 17.7. The molecule has 0 spiro atoms. The average molecular weight is 403 g/mol. The van der Waals surface area contributed by atoms with Crippen LogP contribution in [0.1, 0.15) is 27.0 Å². The third-order valence-electron chi connectivity index (χ3n) is 5.65. The van der Waals surface area contributed by atoms with E-state index in [4.69, 9.17) is 9.47 Å². The molecule has 0 fully saturated rings. The van der Waals surface area contributed by atoms with Gasteiger partial charge in [0.1, 0.15) is 0 Å². The van der Waals surface area contributed by atoms with Gasteiger partial charge >= 0.3 is 0 Å². The second-order valence-corrected chi connectivity index (χ2v) is 7.42. The van der Waals surface area contributed by atoms with Crippen LogP contribution in [-0.2, 0) is 18.6 Å². The molecule has 0 aliphatic carbocycles. The van der Waals surface area contributed by atoms with Crippen LogP contribution in [-0.4, -0.2) is 36.7 Å². The lowest BCUT2D eigenvalue weighted by Crippen LogP contribution is -2.46. The number of amides is 1. The molecule has 0 saturated heterocycles. The minimum absolute atomic E-state index is 0.149. The van der Waals surface area contributed by atoms with E-state index in [0.717, 1.165) is 11.1 Å². The fourth-order valence-corrected chi connectivity index (χ4v) is 4.11. The summed E-state index contributed by atoms with van der Waals surface area (Å²) in [5, 5.41) is 11.7. The summed E-state index contributed by atoms with van der Waals surface area (Å²) in [6.07, 6.45) is 0.916. The molecule has 1 aliphatic heterocycles. The number of carbonyl (C=O) groups is 1. The average Bonchev–Trinajstić information content (AvgIpc) is 2.99. The summed E-state index contributed by atoms with van der Waals surface area (Å²) in [6.45, 7) is 0.381. The molecule has 4 rings (SSSR count). The molecule has 1 heterocycles. The highest BCUT2D eigenvalue weighted by atomic mass is 16.5. The van der Waals surface area contributed by atoms with Crippen molar-refractivity contribution in [2.45, 2.75) is 18.6 Å². The Kier molecular flexibility index (Phi) is 5.46. The largest absolute Gasteiger partial charge is 0.493 e. The van der Waals surface area contributed by atoms with Crippen LogP contribution in [0.3, 0.4) is 0 Å². The third kappa shape index (κ3) is 3.53. The van der Waals surface area contributed by atoms with Gasteiger partial charge in [0.05, 0.1) is 14.2 Å². The monoisotopic (exact) mass is 403 g/mol. The minimum atomic E-state index is -1.38. The van der Waals surface area contributed by atoms with Crippen LogP contribution in [0, 0.1) is 0 Å². The zero-order valence-corrected chi connectivity index (χ0v) is 17.2. The van der Waals surface area contributed by atoms with Gasteiger partial charge in [-0.2, -0.15) is 0 Å². The molecule has 0 unspecified atom stereocenters. The van der Waals surface area contributed by atoms with Crippen molar-refractivity contribution in [2.24, 2.45) is 0 Å². The van der Waals surface area contributed by atoms with Gasteiger partial charge in [-0.3, -0.25) is 4.79 Å². The fourth-order valence-electron chi connectivity index (χ4n) is 4.11. The molecule has 0 radical (unpaired) electrons. The number of methoxy groups -OCH3 is 2. The Morgan fingerprint density at radius 3 is 2.30 bits per heavy atom. The van der Waals surface area contributed by atoms with Crippen molar-refractivity contribution in [2.75, 3.05) is 20.8 Å². The maximum Gasteiger partial charge on any atom is 0.256 e. The summed E-state index contributed by atoms with van der Waals surface area (Å²) in [6, 6.07) is 22.8. The lowest BCUT2D eigenvalue weighted by atomic mass is 9.94. The molecule has 154 valence electrons. The molecule has 30 heavy (non-hydrogen) atoms. The van der Waals surface area contributed by atoms with Crippen LogP contribution in [0.2, 0.25) is 0 Å². The number of hydrogen-bond donors (Lipinski definition) is 1. The van der Waals surface area contributed by atoms with E-state index < -0.39 is 5.72 Å². The second-order valence-electron chi connectivity index (χ2n) is 7.42. The summed E-state index contributed by atoms with van der Waals surface area (Å²) in [4.78, 5) is 14.8. The molecule has 5 nitrogen and oxygen atoms in total. The Bertz CT molecular complexity index is 1050. The van der Waals surface area contributed by atoms with Crippen LogP contribution in [0.4, 0.5) is 0 Å². The van der Waals surface area contributed by atoms with Crippen molar-refractivity contribution < 1.29 is 19.4 Å². The molecular formula is C25H25NO4. The number of nitrogens with zero attached hydrogens (tertiary/aromatic N) is 1. The van der Waals surface area contributed by atoms with Crippen LogP contribution < -0.4 is 9.47 Å². The molecule has 1 N–H and O–H groups in total. The van der Waals surface area contributed by atoms with Gasteiger partial charge in [0.25, 0.3) is 5.91 Å². The van der Waals surface area contributed by atoms with Crippen molar-refractivity contribution in [1.29, 1.82) is 0 Å². The van der Waals surface area contributed by atoms with E-state index in [1.807, 2.05) is 66.7 Å². The van der Waals surface area contributed by atoms with E-state index >= 15 is 0 Å². The van der Waals surface area contributed by atoms with Crippen molar-refractivity contribution >= 4 is 5.91 Å². The van der Waals surface area contributed by atoms with E-state index in [1.165, 1.54) is 0 Å². The van der Waals surface area contributed by atoms with E-state index in [0.29, 0.717) is 42.0 Å². The molecule has 0 aromatic heterocycles. The van der Waals surface area contributed by atoms with Gasteiger partial charge in [-0.15, -0.1) is 0 Å². The summed E-state index contributed by atoms with van der Waals surface area (Å²) in [5.41, 5.74) is 1.81. The first-order valence-corrected chi connectivity index (χ1v) is 9.95. The smallest absolute Gasteiger partial charge is 0.256 e. The second kappa shape index (κ2) is 8.20. The van der Waals surface area contributed by atoms with Crippen LogP contribution in [0.25, 0.3) is 0 Å². The number of ether oxygens (including phenoxy) is 2. The SMILES string of the molecule is COc1ccc(CCN2C(=O)c3ccccc3[C@@]2(O)Cc2ccccc2)cc1OC. The molecule has 5 heteroatoms. The highest BCUT2D eigenvalue weighted by Gasteiger charge is 2.47. The van der Waals surface area contributed by atoms with Crippen molar-refractivity contribution in [3.8, 4) is 11.5 Å². The van der Waals surface area contributed by atoms with Crippen molar-refractivity contribution in [3.05, 3.63) is 95.1 Å². The number of carbonyl (C=O) groups excluding carboxylic acids is 1. The molecule has 0 bridgehead atoms. The number of fused-ring (bicyclic) bond motifs is 1. The first-order valence-electron chi connectivity index (χ1n) is 9.95. The predicted octanol–water partition coefficient (Wildman–Crippen LogP) is 3.79. The molecule has 0 saturated carbocycles. The lowest BCUT2D eigenvalue weighted by Gasteiger charge is -2.35. The van der Waals surface area contributed by atoms with Crippen LogP contribution in [0.15, 0.2) is 72.8 Å². The third-order valence-corrected chi connectivity index (χ3v) is 5.65. The molecule has 1 aliphatic rings. The van der Waals surface area contributed by atoms with Gasteiger partial charge in [0.15, 0.2) is 17.2 Å². The summed E-state index contributed by atoms with van der Waals surface area (Å²) < 4.78 is 10.7. The lowest BCUT2D eigenvalue weighted by molar-refractivity contribution is -0.0831. The van der Waals surface area contributed by atoms with Gasteiger partial charge in [-0.1, -0.05) is 54.6 Å². The van der Waals surface area contributed by atoms with E-state index in [-0.39, 0.29) is 5.91 Å². The first-order chi connectivity index (χ1) is 14.6. The summed E-state index contributed by atoms with van der Waals surface area (Å²) in [5.74, 6) is 1.15. The van der Waals surface area contributed by atoms with E-state index in [2.05, 4.69) is 0 Å². The quantitative estimate of drug-likeness (QED) is 0.652. The molecule has 3 aromatic carbocycles. The van der Waals surface area contributed by atoms with Crippen LogP contribution in [0.5, 0.6) is 11.5 Å². The zero-order chi connectivity index (χ0) is 21.1.